The molecule has 1 aliphatic heterocycles. The lowest BCUT2D eigenvalue weighted by atomic mass is 10.0. The Kier molecular flexibility index (Phi) is 8.51. The summed E-state index contributed by atoms with van der Waals surface area (Å²) in [6.07, 6.45) is 0. The fourth-order valence-corrected chi connectivity index (χ4v) is 5.12. The van der Waals surface area contributed by atoms with E-state index in [0.717, 1.165) is 5.56 Å². The van der Waals surface area contributed by atoms with E-state index in [0.29, 0.717) is 35.6 Å². The maximum absolute atomic E-state index is 12.2. The van der Waals surface area contributed by atoms with E-state index >= 15 is 0 Å². The minimum atomic E-state index is -3.08. The van der Waals surface area contributed by atoms with Gasteiger partial charge in [0.05, 0.1) is 10.5 Å². The summed E-state index contributed by atoms with van der Waals surface area (Å²) in [6, 6.07) is 5.47. The van der Waals surface area contributed by atoms with Gasteiger partial charge in [-0.1, -0.05) is 36.2 Å². The van der Waals surface area contributed by atoms with Crippen molar-refractivity contribution in [2.45, 2.75) is 31.4 Å². The lowest BCUT2D eigenvalue weighted by molar-refractivity contribution is 0.352. The first-order chi connectivity index (χ1) is 11.6. The summed E-state index contributed by atoms with van der Waals surface area (Å²) in [5.74, 6) is 0.907. The molecule has 1 N–H and O–H groups in total. The molecule has 1 aromatic rings. The summed E-state index contributed by atoms with van der Waals surface area (Å²) in [7, 11) is -1.38. The standard InChI is InChI=1S/C17H25Cl2N3O2S.HI/c1-12(15-13(18)6-5-7-14(15)19)10-21-16(20-4)22-8-9-25(23,24)17(2,3)11-22;/h5-7,12H,8-11H2,1-4H3,(H,20,21);1H. The van der Waals surface area contributed by atoms with Gasteiger partial charge in [0.2, 0.25) is 0 Å². The molecule has 0 aliphatic carbocycles. The first-order valence-corrected chi connectivity index (χ1v) is 10.6. The highest BCUT2D eigenvalue weighted by atomic mass is 127. The van der Waals surface area contributed by atoms with Crippen LogP contribution in [0, 0.1) is 0 Å². The van der Waals surface area contributed by atoms with E-state index in [-0.39, 0.29) is 35.6 Å². The first kappa shape index (κ1) is 23.8. The summed E-state index contributed by atoms with van der Waals surface area (Å²) in [6.45, 7) is 7.00. The van der Waals surface area contributed by atoms with E-state index in [4.69, 9.17) is 23.2 Å². The molecule has 1 saturated heterocycles. The molecule has 26 heavy (non-hydrogen) atoms. The quantitative estimate of drug-likeness (QED) is 0.364. The van der Waals surface area contributed by atoms with Crippen molar-refractivity contribution in [1.82, 2.24) is 10.2 Å². The van der Waals surface area contributed by atoms with Crippen LogP contribution in [0.3, 0.4) is 0 Å². The van der Waals surface area contributed by atoms with Crippen LogP contribution in [-0.2, 0) is 9.84 Å². The number of nitrogens with zero attached hydrogens (tertiary/aromatic N) is 2. The number of benzene rings is 1. The number of nitrogens with one attached hydrogen (secondary N) is 1. The fraction of sp³-hybridized carbons (Fsp3) is 0.588. The minimum Gasteiger partial charge on any atom is -0.356 e. The lowest BCUT2D eigenvalue weighted by Crippen LogP contribution is -2.57. The second-order valence-electron chi connectivity index (χ2n) is 6.96. The summed E-state index contributed by atoms with van der Waals surface area (Å²) in [4.78, 5) is 6.29. The number of hydrogen-bond donors (Lipinski definition) is 1. The number of aliphatic imine (C=N–C) groups is 1. The molecule has 0 saturated carbocycles. The lowest BCUT2D eigenvalue weighted by Gasteiger charge is -2.39. The Morgan fingerprint density at radius 3 is 2.42 bits per heavy atom. The molecule has 1 unspecified atom stereocenters. The molecule has 148 valence electrons. The molecule has 0 bridgehead atoms. The molecule has 5 nitrogen and oxygen atoms in total. The number of halogens is 3. The summed E-state index contributed by atoms with van der Waals surface area (Å²) < 4.78 is 23.5. The van der Waals surface area contributed by atoms with Crippen LogP contribution in [0.1, 0.15) is 32.3 Å². The Labute approximate surface area is 183 Å². The van der Waals surface area contributed by atoms with E-state index in [1.165, 1.54) is 0 Å². The minimum absolute atomic E-state index is 0. The molecule has 0 radical (unpaired) electrons. The van der Waals surface area contributed by atoms with E-state index < -0.39 is 14.6 Å². The Morgan fingerprint density at radius 2 is 1.92 bits per heavy atom. The van der Waals surface area contributed by atoms with Crippen LogP contribution in [0.2, 0.25) is 10.0 Å². The molecule has 1 heterocycles. The van der Waals surface area contributed by atoms with E-state index in [2.05, 4.69) is 10.3 Å². The Hall–Kier alpha value is -0.250. The van der Waals surface area contributed by atoms with Gasteiger partial charge in [0.25, 0.3) is 0 Å². The van der Waals surface area contributed by atoms with Gasteiger partial charge in [-0.3, -0.25) is 4.99 Å². The molecular weight excluding hydrogens is 508 g/mol. The van der Waals surface area contributed by atoms with Crippen LogP contribution < -0.4 is 5.32 Å². The molecule has 9 heteroatoms. The van der Waals surface area contributed by atoms with Crippen molar-refractivity contribution in [2.75, 3.05) is 32.4 Å². The maximum Gasteiger partial charge on any atom is 0.193 e. The average Bonchev–Trinajstić information content (AvgIpc) is 2.51. The molecule has 0 aromatic heterocycles. The van der Waals surface area contributed by atoms with Crippen LogP contribution >= 0.6 is 47.2 Å². The van der Waals surface area contributed by atoms with Crippen molar-refractivity contribution >= 4 is 63.0 Å². The average molecular weight is 534 g/mol. The maximum atomic E-state index is 12.2. The van der Waals surface area contributed by atoms with Gasteiger partial charge in [0, 0.05) is 42.6 Å². The van der Waals surface area contributed by atoms with Gasteiger partial charge >= 0.3 is 0 Å². The molecule has 1 fully saturated rings. The highest BCUT2D eigenvalue weighted by molar-refractivity contribution is 14.0. The normalized spacial score (nSPS) is 20.2. The van der Waals surface area contributed by atoms with Crippen molar-refractivity contribution in [3.63, 3.8) is 0 Å². The smallest absolute Gasteiger partial charge is 0.193 e. The van der Waals surface area contributed by atoms with E-state index in [9.17, 15) is 8.42 Å². The Bertz CT molecular complexity index is 749. The largest absolute Gasteiger partial charge is 0.356 e. The third-order valence-electron chi connectivity index (χ3n) is 4.61. The number of rotatable bonds is 3. The third-order valence-corrected chi connectivity index (χ3v) is 7.81. The predicted octanol–water partition coefficient (Wildman–Crippen LogP) is 3.80. The number of sulfone groups is 1. The summed E-state index contributed by atoms with van der Waals surface area (Å²) >= 11 is 12.5. The van der Waals surface area contributed by atoms with Gasteiger partial charge < -0.3 is 10.2 Å². The molecule has 1 atom stereocenters. The van der Waals surface area contributed by atoms with E-state index in [1.54, 1.807) is 20.9 Å². The van der Waals surface area contributed by atoms with Gasteiger partial charge in [-0.15, -0.1) is 24.0 Å². The van der Waals surface area contributed by atoms with Crippen LogP contribution in [0.25, 0.3) is 0 Å². The first-order valence-electron chi connectivity index (χ1n) is 8.21. The highest BCUT2D eigenvalue weighted by Crippen LogP contribution is 2.31. The van der Waals surface area contributed by atoms with E-state index in [1.807, 2.05) is 30.0 Å². The highest BCUT2D eigenvalue weighted by Gasteiger charge is 2.41. The van der Waals surface area contributed by atoms with Crippen molar-refractivity contribution in [2.24, 2.45) is 4.99 Å². The van der Waals surface area contributed by atoms with Gasteiger partial charge in [-0.2, -0.15) is 0 Å². The fourth-order valence-electron chi connectivity index (χ4n) is 2.98. The number of guanidine groups is 1. The van der Waals surface area contributed by atoms with Gasteiger partial charge in [-0.05, 0) is 31.5 Å². The van der Waals surface area contributed by atoms with Gasteiger partial charge in [0.15, 0.2) is 15.8 Å². The van der Waals surface area contributed by atoms with Crippen molar-refractivity contribution in [3.05, 3.63) is 33.8 Å². The monoisotopic (exact) mass is 533 g/mol. The topological polar surface area (TPSA) is 61.8 Å². The second kappa shape index (κ2) is 9.30. The van der Waals surface area contributed by atoms with Crippen LogP contribution in [0.5, 0.6) is 0 Å². The van der Waals surface area contributed by atoms with Crippen molar-refractivity contribution in [1.29, 1.82) is 0 Å². The summed E-state index contributed by atoms with van der Waals surface area (Å²) in [5, 5.41) is 4.60. The van der Waals surface area contributed by atoms with Gasteiger partial charge in [-0.25, -0.2) is 8.42 Å². The van der Waals surface area contributed by atoms with Crippen LogP contribution in [-0.4, -0.2) is 56.5 Å². The van der Waals surface area contributed by atoms with Crippen molar-refractivity contribution in [3.8, 4) is 0 Å². The molecule has 0 spiro atoms. The Morgan fingerprint density at radius 1 is 1.35 bits per heavy atom. The molecule has 1 aromatic carbocycles. The predicted molar refractivity (Wildman–Crippen MR) is 121 cm³/mol. The van der Waals surface area contributed by atoms with Crippen LogP contribution in [0.4, 0.5) is 0 Å². The second-order valence-corrected chi connectivity index (χ2v) is 10.5. The molecule has 0 amide bonds. The zero-order valence-corrected chi connectivity index (χ0v) is 20.1. The molecule has 1 aliphatic rings. The van der Waals surface area contributed by atoms with Gasteiger partial charge in [0.1, 0.15) is 0 Å². The third kappa shape index (κ3) is 5.17. The van der Waals surface area contributed by atoms with Crippen molar-refractivity contribution < 1.29 is 8.42 Å². The molecule has 2 rings (SSSR count). The number of hydrogen-bond acceptors (Lipinski definition) is 3. The zero-order valence-electron chi connectivity index (χ0n) is 15.4. The summed E-state index contributed by atoms with van der Waals surface area (Å²) in [5.41, 5.74) is 0.898. The van der Waals surface area contributed by atoms with Crippen LogP contribution in [0.15, 0.2) is 23.2 Å². The SMILES string of the molecule is CN=C(NCC(C)c1c(Cl)cccc1Cl)N1CCS(=O)(=O)C(C)(C)C1.I. The zero-order chi connectivity index (χ0) is 18.8. The Balaban J connectivity index is 0.00000338. The molecular formula is C17H26Cl2IN3O2S.